The van der Waals surface area contributed by atoms with E-state index in [1.807, 2.05) is 12.1 Å². The average Bonchev–Trinajstić information content (AvgIpc) is 2.57. The summed E-state index contributed by atoms with van der Waals surface area (Å²) in [5.41, 5.74) is 1.18. The van der Waals surface area contributed by atoms with Crippen molar-refractivity contribution in [1.29, 1.82) is 0 Å². The van der Waals surface area contributed by atoms with Crippen LogP contribution in [0.4, 0.5) is 0 Å². The summed E-state index contributed by atoms with van der Waals surface area (Å²) in [6, 6.07) is 6.43. The molecule has 24 heavy (non-hydrogen) atoms. The zero-order chi connectivity index (χ0) is 17.5. The second-order valence-corrected chi connectivity index (χ2v) is 6.97. The predicted molar refractivity (Wildman–Crippen MR) is 96.7 cm³/mol. The van der Waals surface area contributed by atoms with E-state index in [4.69, 9.17) is 9.47 Å². The Kier molecular flexibility index (Phi) is 7.34. The molecule has 5 heteroatoms. The fraction of sp³-hybridized carbons (Fsp3) is 0.684. The van der Waals surface area contributed by atoms with Crippen molar-refractivity contribution in [2.45, 2.75) is 32.9 Å². The number of ether oxygens (including phenoxy) is 2. The number of aliphatic hydroxyl groups is 1. The topological polar surface area (TPSA) is 45.2 Å². The molecular formula is C19H32N2O3. The standard InChI is InChI=1S/C19H32N2O3/c1-15(2)12-21-9-8-20(14-17(21)7-10-22)13-16-5-6-18(23-3)11-19(16)24-4/h5-6,11,15,17,22H,7-10,12-14H2,1-4H3. The molecular weight excluding hydrogens is 304 g/mol. The Balaban J connectivity index is 2.03. The van der Waals surface area contributed by atoms with Gasteiger partial charge in [-0.3, -0.25) is 9.80 Å². The minimum absolute atomic E-state index is 0.249. The van der Waals surface area contributed by atoms with Crippen LogP contribution >= 0.6 is 0 Å². The molecule has 0 amide bonds. The lowest BCUT2D eigenvalue weighted by molar-refractivity contribution is 0.0473. The molecule has 1 aromatic rings. The van der Waals surface area contributed by atoms with E-state index in [-0.39, 0.29) is 6.61 Å². The number of nitrogens with zero attached hydrogens (tertiary/aromatic N) is 2. The van der Waals surface area contributed by atoms with Gasteiger partial charge in [0.05, 0.1) is 14.2 Å². The molecule has 1 fully saturated rings. The van der Waals surface area contributed by atoms with Gasteiger partial charge in [-0.2, -0.15) is 0 Å². The SMILES string of the molecule is COc1ccc(CN2CCN(CC(C)C)C(CCO)C2)c(OC)c1. The van der Waals surface area contributed by atoms with Gasteiger partial charge in [-0.1, -0.05) is 19.9 Å². The molecule has 1 aromatic carbocycles. The third-order valence-electron chi connectivity index (χ3n) is 4.64. The maximum absolute atomic E-state index is 9.41. The molecule has 0 aromatic heterocycles. The first-order valence-corrected chi connectivity index (χ1v) is 8.85. The highest BCUT2D eigenvalue weighted by atomic mass is 16.5. The maximum atomic E-state index is 9.41. The van der Waals surface area contributed by atoms with Crippen LogP contribution in [0, 0.1) is 5.92 Å². The number of benzene rings is 1. The number of aliphatic hydroxyl groups excluding tert-OH is 1. The van der Waals surface area contributed by atoms with Crippen molar-refractivity contribution >= 4 is 0 Å². The quantitative estimate of drug-likeness (QED) is 0.789. The highest BCUT2D eigenvalue weighted by Crippen LogP contribution is 2.27. The van der Waals surface area contributed by atoms with Crippen LogP contribution in [0.15, 0.2) is 18.2 Å². The molecule has 1 atom stereocenters. The van der Waals surface area contributed by atoms with Gasteiger partial charge in [0.15, 0.2) is 0 Å². The van der Waals surface area contributed by atoms with Gasteiger partial charge in [-0.05, 0) is 18.4 Å². The number of rotatable bonds is 8. The Hall–Kier alpha value is -1.30. The minimum atomic E-state index is 0.249. The summed E-state index contributed by atoms with van der Waals surface area (Å²) in [5, 5.41) is 9.41. The molecule has 0 saturated carbocycles. The van der Waals surface area contributed by atoms with E-state index in [1.54, 1.807) is 14.2 Å². The van der Waals surface area contributed by atoms with Crippen LogP contribution in [0.25, 0.3) is 0 Å². The Morgan fingerprint density at radius 2 is 2.00 bits per heavy atom. The number of piperazine rings is 1. The van der Waals surface area contributed by atoms with Crippen LogP contribution < -0.4 is 9.47 Å². The molecule has 1 saturated heterocycles. The Bertz CT molecular complexity index is 507. The van der Waals surface area contributed by atoms with Gasteiger partial charge in [-0.25, -0.2) is 0 Å². The lowest BCUT2D eigenvalue weighted by Crippen LogP contribution is -2.53. The van der Waals surface area contributed by atoms with Gasteiger partial charge >= 0.3 is 0 Å². The molecule has 0 radical (unpaired) electrons. The number of hydrogen-bond acceptors (Lipinski definition) is 5. The van der Waals surface area contributed by atoms with Crippen molar-refractivity contribution in [3.8, 4) is 11.5 Å². The van der Waals surface area contributed by atoms with Crippen molar-refractivity contribution in [2.24, 2.45) is 5.92 Å². The van der Waals surface area contributed by atoms with E-state index in [2.05, 4.69) is 29.7 Å². The van der Waals surface area contributed by atoms with Gasteiger partial charge in [0.1, 0.15) is 11.5 Å². The second-order valence-electron chi connectivity index (χ2n) is 6.97. The predicted octanol–water partition coefficient (Wildman–Crippen LogP) is 2.23. The van der Waals surface area contributed by atoms with E-state index >= 15 is 0 Å². The van der Waals surface area contributed by atoms with Crippen molar-refractivity contribution in [3.05, 3.63) is 23.8 Å². The maximum Gasteiger partial charge on any atom is 0.127 e. The number of hydrogen-bond donors (Lipinski definition) is 1. The van der Waals surface area contributed by atoms with Crippen LogP contribution in [0.3, 0.4) is 0 Å². The zero-order valence-corrected chi connectivity index (χ0v) is 15.5. The lowest BCUT2D eigenvalue weighted by atomic mass is 10.0. The number of methoxy groups -OCH3 is 2. The molecule has 1 aliphatic rings. The Morgan fingerprint density at radius 3 is 2.62 bits per heavy atom. The molecule has 1 heterocycles. The first-order valence-electron chi connectivity index (χ1n) is 8.85. The monoisotopic (exact) mass is 336 g/mol. The van der Waals surface area contributed by atoms with Crippen LogP contribution in [0.2, 0.25) is 0 Å². The summed E-state index contributed by atoms with van der Waals surface area (Å²) >= 11 is 0. The normalized spacial score (nSPS) is 19.7. The second kappa shape index (κ2) is 9.25. The van der Waals surface area contributed by atoms with E-state index in [0.717, 1.165) is 50.6 Å². The van der Waals surface area contributed by atoms with E-state index in [1.165, 1.54) is 5.56 Å². The van der Waals surface area contributed by atoms with Crippen molar-refractivity contribution in [2.75, 3.05) is 47.0 Å². The van der Waals surface area contributed by atoms with Crippen LogP contribution in [0.5, 0.6) is 11.5 Å². The zero-order valence-electron chi connectivity index (χ0n) is 15.5. The van der Waals surface area contributed by atoms with Crippen LogP contribution in [-0.4, -0.2) is 68.0 Å². The highest BCUT2D eigenvalue weighted by Gasteiger charge is 2.27. The van der Waals surface area contributed by atoms with Gasteiger partial charge in [-0.15, -0.1) is 0 Å². The Labute approximate surface area is 146 Å². The average molecular weight is 336 g/mol. The summed E-state index contributed by atoms with van der Waals surface area (Å²) in [4.78, 5) is 4.99. The molecule has 0 aliphatic carbocycles. The summed E-state index contributed by atoms with van der Waals surface area (Å²) in [5.74, 6) is 2.34. The molecule has 1 aliphatic heterocycles. The fourth-order valence-electron chi connectivity index (χ4n) is 3.46. The van der Waals surface area contributed by atoms with E-state index in [0.29, 0.717) is 12.0 Å². The van der Waals surface area contributed by atoms with Gasteiger partial charge in [0.2, 0.25) is 0 Å². The summed E-state index contributed by atoms with van der Waals surface area (Å²) < 4.78 is 10.8. The Morgan fingerprint density at radius 1 is 1.21 bits per heavy atom. The fourth-order valence-corrected chi connectivity index (χ4v) is 3.46. The largest absolute Gasteiger partial charge is 0.497 e. The molecule has 0 spiro atoms. The van der Waals surface area contributed by atoms with Crippen molar-refractivity contribution in [1.82, 2.24) is 9.80 Å². The van der Waals surface area contributed by atoms with Gasteiger partial charge in [0, 0.05) is 57.0 Å². The summed E-state index contributed by atoms with van der Waals surface area (Å²) in [6.45, 7) is 9.82. The molecule has 5 nitrogen and oxygen atoms in total. The first kappa shape index (κ1) is 19.0. The molecule has 1 N–H and O–H groups in total. The van der Waals surface area contributed by atoms with E-state index in [9.17, 15) is 5.11 Å². The van der Waals surface area contributed by atoms with Crippen LogP contribution in [0.1, 0.15) is 25.8 Å². The smallest absolute Gasteiger partial charge is 0.127 e. The highest BCUT2D eigenvalue weighted by molar-refractivity contribution is 5.40. The lowest BCUT2D eigenvalue weighted by Gasteiger charge is -2.42. The molecule has 0 bridgehead atoms. The minimum Gasteiger partial charge on any atom is -0.497 e. The third-order valence-corrected chi connectivity index (χ3v) is 4.64. The molecule has 2 rings (SSSR count). The van der Waals surface area contributed by atoms with Gasteiger partial charge in [0.25, 0.3) is 0 Å². The van der Waals surface area contributed by atoms with Crippen molar-refractivity contribution < 1.29 is 14.6 Å². The third kappa shape index (κ3) is 5.10. The summed E-state index contributed by atoms with van der Waals surface area (Å²) in [7, 11) is 3.37. The van der Waals surface area contributed by atoms with Gasteiger partial charge < -0.3 is 14.6 Å². The first-order chi connectivity index (χ1) is 11.6. The van der Waals surface area contributed by atoms with E-state index < -0.39 is 0 Å². The van der Waals surface area contributed by atoms with Crippen molar-refractivity contribution in [3.63, 3.8) is 0 Å². The van der Waals surface area contributed by atoms with Crippen LogP contribution in [-0.2, 0) is 6.54 Å². The molecule has 1 unspecified atom stereocenters. The molecule has 136 valence electrons. The summed E-state index contributed by atoms with van der Waals surface area (Å²) in [6.07, 6.45) is 0.836.